The molecule has 1 aliphatic rings. The van der Waals surface area contributed by atoms with Gasteiger partial charge in [-0.2, -0.15) is 0 Å². The van der Waals surface area contributed by atoms with Crippen LogP contribution in [0.2, 0.25) is 0 Å². The number of nitrogens with zero attached hydrogens (tertiary/aromatic N) is 2. The lowest BCUT2D eigenvalue weighted by Gasteiger charge is -2.34. The lowest BCUT2D eigenvalue weighted by atomic mass is 9.98. The van der Waals surface area contributed by atoms with E-state index in [2.05, 4.69) is 22.6 Å². The van der Waals surface area contributed by atoms with Crippen molar-refractivity contribution in [3.8, 4) is 0 Å². The molecular weight excluding hydrogens is 298 g/mol. The fourth-order valence-electron chi connectivity index (χ4n) is 2.61. The Morgan fingerprint density at radius 3 is 3.00 bits per heavy atom. The smallest absolute Gasteiger partial charge is 0.410 e. The van der Waals surface area contributed by atoms with Gasteiger partial charge in [-0.05, 0) is 46.5 Å². The number of carbonyl (C=O) groups excluding carboxylic acids is 1. The second-order valence-corrected chi connectivity index (χ2v) is 7.70. The molecule has 0 spiro atoms. The topological polar surface area (TPSA) is 54.5 Å². The van der Waals surface area contributed by atoms with E-state index < -0.39 is 5.60 Å². The number of rotatable bonds is 4. The van der Waals surface area contributed by atoms with Crippen LogP contribution in [0.15, 0.2) is 10.9 Å². The van der Waals surface area contributed by atoms with E-state index in [-0.39, 0.29) is 12.1 Å². The monoisotopic (exact) mass is 325 g/mol. The third-order valence-corrected chi connectivity index (χ3v) is 4.38. The molecule has 5 nitrogen and oxygen atoms in total. The van der Waals surface area contributed by atoms with Crippen LogP contribution in [0.25, 0.3) is 0 Å². The highest BCUT2D eigenvalue weighted by molar-refractivity contribution is 7.07. The molecule has 2 heterocycles. The predicted molar refractivity (Wildman–Crippen MR) is 89.1 cm³/mol. The molecule has 0 aromatic carbocycles. The van der Waals surface area contributed by atoms with E-state index in [0.29, 0.717) is 5.92 Å². The van der Waals surface area contributed by atoms with Crippen molar-refractivity contribution >= 4 is 17.4 Å². The lowest BCUT2D eigenvalue weighted by Crippen LogP contribution is -2.45. The van der Waals surface area contributed by atoms with Crippen LogP contribution in [0.4, 0.5) is 4.79 Å². The van der Waals surface area contributed by atoms with Gasteiger partial charge in [0.15, 0.2) is 0 Å². The molecule has 0 bridgehead atoms. The number of thiazole rings is 1. The predicted octanol–water partition coefficient (Wildman–Crippen LogP) is 3.44. The third kappa shape index (κ3) is 5.25. The van der Waals surface area contributed by atoms with Gasteiger partial charge in [-0.15, -0.1) is 11.3 Å². The van der Waals surface area contributed by atoms with Crippen molar-refractivity contribution in [2.75, 3.05) is 19.6 Å². The van der Waals surface area contributed by atoms with E-state index in [1.165, 1.54) is 0 Å². The van der Waals surface area contributed by atoms with Crippen molar-refractivity contribution in [1.29, 1.82) is 0 Å². The van der Waals surface area contributed by atoms with E-state index >= 15 is 0 Å². The van der Waals surface area contributed by atoms with Gasteiger partial charge in [-0.25, -0.2) is 9.78 Å². The van der Waals surface area contributed by atoms with Crippen molar-refractivity contribution in [2.24, 2.45) is 5.92 Å². The van der Waals surface area contributed by atoms with Crippen molar-refractivity contribution in [1.82, 2.24) is 15.2 Å². The maximum absolute atomic E-state index is 12.2. The van der Waals surface area contributed by atoms with Gasteiger partial charge in [0.1, 0.15) is 5.60 Å². The van der Waals surface area contributed by atoms with E-state index in [1.807, 2.05) is 31.2 Å². The fourth-order valence-corrected chi connectivity index (χ4v) is 3.26. The summed E-state index contributed by atoms with van der Waals surface area (Å²) in [5, 5.41) is 5.60. The van der Waals surface area contributed by atoms with Crippen molar-refractivity contribution < 1.29 is 9.53 Å². The van der Waals surface area contributed by atoms with E-state index in [1.54, 1.807) is 11.3 Å². The van der Waals surface area contributed by atoms with Gasteiger partial charge in [-0.1, -0.05) is 0 Å². The zero-order valence-electron chi connectivity index (χ0n) is 14.0. The number of amides is 1. The normalized spacial score (nSPS) is 20.7. The standard InChI is InChI=1S/C16H27N3O2S/c1-12(14-10-22-11-18-14)17-8-13-6-5-7-19(9-13)15(20)21-16(2,3)4/h10-13,17H,5-9H2,1-4H3. The quantitative estimate of drug-likeness (QED) is 0.921. The molecule has 1 aromatic rings. The summed E-state index contributed by atoms with van der Waals surface area (Å²) in [7, 11) is 0. The Morgan fingerprint density at radius 2 is 2.36 bits per heavy atom. The minimum absolute atomic E-state index is 0.190. The third-order valence-electron chi connectivity index (χ3n) is 3.78. The molecule has 1 amide bonds. The average molecular weight is 325 g/mol. The molecule has 0 saturated carbocycles. The van der Waals surface area contributed by atoms with Crippen LogP contribution >= 0.6 is 11.3 Å². The van der Waals surface area contributed by atoms with E-state index in [9.17, 15) is 4.79 Å². The first-order valence-electron chi connectivity index (χ1n) is 7.94. The summed E-state index contributed by atoms with van der Waals surface area (Å²) >= 11 is 1.62. The molecule has 2 unspecified atom stereocenters. The molecule has 124 valence electrons. The number of hydrogen-bond acceptors (Lipinski definition) is 5. The fraction of sp³-hybridized carbons (Fsp3) is 0.750. The molecule has 2 rings (SSSR count). The number of nitrogens with one attached hydrogen (secondary N) is 1. The summed E-state index contributed by atoms with van der Waals surface area (Å²) in [5.74, 6) is 0.474. The Bertz CT molecular complexity index is 470. The number of piperidine rings is 1. The Labute approximate surface area is 137 Å². The van der Waals surface area contributed by atoms with Gasteiger partial charge in [0.25, 0.3) is 0 Å². The Morgan fingerprint density at radius 1 is 1.59 bits per heavy atom. The number of hydrogen-bond donors (Lipinski definition) is 1. The highest BCUT2D eigenvalue weighted by atomic mass is 32.1. The summed E-state index contributed by atoms with van der Waals surface area (Å²) in [5.41, 5.74) is 2.52. The molecule has 0 radical (unpaired) electrons. The summed E-state index contributed by atoms with van der Waals surface area (Å²) in [6.45, 7) is 10.3. The van der Waals surface area contributed by atoms with Crippen molar-refractivity contribution in [3.63, 3.8) is 0 Å². The minimum Gasteiger partial charge on any atom is -0.444 e. The molecule has 1 aliphatic heterocycles. The van der Waals surface area contributed by atoms with Gasteiger partial charge >= 0.3 is 6.09 Å². The molecule has 1 N–H and O–H groups in total. The van der Waals surface area contributed by atoms with E-state index in [4.69, 9.17) is 4.74 Å². The van der Waals surface area contributed by atoms with Crippen LogP contribution in [-0.2, 0) is 4.74 Å². The zero-order valence-corrected chi connectivity index (χ0v) is 14.8. The van der Waals surface area contributed by atoms with Crippen molar-refractivity contribution in [2.45, 2.75) is 52.2 Å². The summed E-state index contributed by atoms with van der Waals surface area (Å²) in [6.07, 6.45) is 2.00. The first kappa shape index (κ1) is 17.2. The summed E-state index contributed by atoms with van der Waals surface area (Å²) < 4.78 is 5.47. The Hall–Kier alpha value is -1.14. The maximum atomic E-state index is 12.2. The van der Waals surface area contributed by atoms with Crippen LogP contribution in [0.1, 0.15) is 52.3 Å². The van der Waals surface area contributed by atoms with Gasteiger partial charge in [0.2, 0.25) is 0 Å². The Kier molecular flexibility index (Phi) is 5.81. The van der Waals surface area contributed by atoms with Crippen LogP contribution in [0.3, 0.4) is 0 Å². The summed E-state index contributed by atoms with van der Waals surface area (Å²) in [6, 6.07) is 0.253. The lowest BCUT2D eigenvalue weighted by molar-refractivity contribution is 0.0165. The molecule has 1 aromatic heterocycles. The molecule has 2 atom stereocenters. The second kappa shape index (κ2) is 7.42. The second-order valence-electron chi connectivity index (χ2n) is 6.98. The zero-order chi connectivity index (χ0) is 16.2. The first-order valence-corrected chi connectivity index (χ1v) is 8.89. The molecule has 6 heteroatoms. The van der Waals surface area contributed by atoms with Gasteiger partial charge in [0, 0.05) is 31.1 Å². The number of likely N-dealkylation sites (tertiary alicyclic amines) is 1. The van der Waals surface area contributed by atoms with Crippen LogP contribution in [0.5, 0.6) is 0 Å². The van der Waals surface area contributed by atoms with Crippen LogP contribution in [0, 0.1) is 5.92 Å². The number of ether oxygens (including phenoxy) is 1. The largest absolute Gasteiger partial charge is 0.444 e. The molecule has 1 saturated heterocycles. The Balaban J connectivity index is 1.79. The van der Waals surface area contributed by atoms with Crippen molar-refractivity contribution in [3.05, 3.63) is 16.6 Å². The number of aromatic nitrogens is 1. The average Bonchev–Trinajstić information content (AvgIpc) is 2.97. The van der Waals surface area contributed by atoms with Gasteiger partial charge < -0.3 is 15.0 Å². The summed E-state index contributed by atoms with van der Waals surface area (Å²) in [4.78, 5) is 18.3. The SMILES string of the molecule is CC(NCC1CCCN(C(=O)OC(C)(C)C)C1)c1cscn1. The van der Waals surface area contributed by atoms with Gasteiger partial charge in [-0.3, -0.25) is 0 Å². The molecular formula is C16H27N3O2S. The highest BCUT2D eigenvalue weighted by Crippen LogP contribution is 2.20. The highest BCUT2D eigenvalue weighted by Gasteiger charge is 2.27. The minimum atomic E-state index is -0.429. The molecule has 22 heavy (non-hydrogen) atoms. The van der Waals surface area contributed by atoms with E-state index in [0.717, 1.165) is 38.2 Å². The number of carbonyl (C=O) groups is 1. The molecule has 0 aliphatic carbocycles. The first-order chi connectivity index (χ1) is 10.3. The van der Waals surface area contributed by atoms with Crippen LogP contribution < -0.4 is 5.32 Å². The van der Waals surface area contributed by atoms with Crippen LogP contribution in [-0.4, -0.2) is 41.2 Å². The maximum Gasteiger partial charge on any atom is 0.410 e. The molecule has 1 fully saturated rings. The van der Waals surface area contributed by atoms with Gasteiger partial charge in [0.05, 0.1) is 11.2 Å².